The second-order valence-electron chi connectivity index (χ2n) is 8.56. The predicted octanol–water partition coefficient (Wildman–Crippen LogP) is 9.45. The SMILES string of the molecule is Cc1ccc(COc2ccc(/C=C3\SC(=Nc4ccc(Cl)cc4)N(c4ccc(Cl)cc4)C3=O)cc2Br)cc1. The summed E-state index contributed by atoms with van der Waals surface area (Å²) in [5.74, 6) is 0.562. The predicted molar refractivity (Wildman–Crippen MR) is 163 cm³/mol. The lowest BCUT2D eigenvalue weighted by atomic mass is 10.1. The van der Waals surface area contributed by atoms with Crippen LogP contribution in [0.4, 0.5) is 11.4 Å². The molecule has 1 heterocycles. The number of carbonyl (C=O) groups is 1. The molecule has 4 aromatic carbocycles. The molecule has 4 nitrogen and oxygen atoms in total. The van der Waals surface area contributed by atoms with Gasteiger partial charge in [-0.1, -0.05) is 59.1 Å². The first-order valence-electron chi connectivity index (χ1n) is 11.7. The molecule has 5 rings (SSSR count). The molecule has 0 aliphatic carbocycles. The van der Waals surface area contributed by atoms with Crippen LogP contribution in [-0.2, 0) is 11.4 Å². The summed E-state index contributed by atoms with van der Waals surface area (Å²) < 4.78 is 6.80. The zero-order valence-corrected chi connectivity index (χ0v) is 24.1. The van der Waals surface area contributed by atoms with Crippen LogP contribution in [0.3, 0.4) is 0 Å². The van der Waals surface area contributed by atoms with Crippen molar-refractivity contribution in [3.63, 3.8) is 0 Å². The highest BCUT2D eigenvalue weighted by Crippen LogP contribution is 2.38. The maximum Gasteiger partial charge on any atom is 0.271 e. The highest BCUT2D eigenvalue weighted by atomic mass is 79.9. The Bertz CT molecular complexity index is 1540. The van der Waals surface area contributed by atoms with Gasteiger partial charge in [-0.3, -0.25) is 9.69 Å². The minimum Gasteiger partial charge on any atom is -0.488 e. The van der Waals surface area contributed by atoms with Crippen molar-refractivity contribution in [3.05, 3.63) is 127 Å². The van der Waals surface area contributed by atoms with E-state index in [1.54, 1.807) is 41.3 Å². The smallest absolute Gasteiger partial charge is 0.271 e. The number of aryl methyl sites for hydroxylation is 1. The lowest BCUT2D eigenvalue weighted by Crippen LogP contribution is -2.28. The number of amidine groups is 1. The number of amides is 1. The van der Waals surface area contributed by atoms with E-state index < -0.39 is 0 Å². The van der Waals surface area contributed by atoms with Crippen LogP contribution in [0.15, 0.2) is 105 Å². The van der Waals surface area contributed by atoms with Crippen LogP contribution in [0.2, 0.25) is 10.0 Å². The van der Waals surface area contributed by atoms with Crippen molar-refractivity contribution >= 4 is 79.4 Å². The molecule has 0 saturated carbocycles. The van der Waals surface area contributed by atoms with Crippen molar-refractivity contribution in [2.24, 2.45) is 4.99 Å². The van der Waals surface area contributed by atoms with Crippen molar-refractivity contribution in [2.75, 3.05) is 4.90 Å². The number of benzene rings is 4. The Morgan fingerprint density at radius 1 is 0.921 bits per heavy atom. The van der Waals surface area contributed by atoms with Gasteiger partial charge in [-0.05, 0) is 112 Å². The molecule has 1 saturated heterocycles. The molecule has 8 heteroatoms. The molecule has 38 heavy (non-hydrogen) atoms. The van der Waals surface area contributed by atoms with Crippen LogP contribution in [0, 0.1) is 6.92 Å². The van der Waals surface area contributed by atoms with Gasteiger partial charge >= 0.3 is 0 Å². The van der Waals surface area contributed by atoms with Crippen LogP contribution in [0.1, 0.15) is 16.7 Å². The van der Waals surface area contributed by atoms with E-state index in [0.717, 1.165) is 21.3 Å². The minimum atomic E-state index is -0.166. The molecule has 0 aromatic heterocycles. The molecule has 1 fully saturated rings. The Labute approximate surface area is 244 Å². The van der Waals surface area contributed by atoms with E-state index in [1.807, 2.05) is 36.4 Å². The average Bonchev–Trinajstić information content (AvgIpc) is 3.20. The Hall–Kier alpha value is -3.03. The lowest BCUT2D eigenvalue weighted by molar-refractivity contribution is -0.113. The average molecular weight is 624 g/mol. The summed E-state index contributed by atoms with van der Waals surface area (Å²) in [5, 5.41) is 1.76. The molecule has 0 atom stereocenters. The molecule has 190 valence electrons. The van der Waals surface area contributed by atoms with Gasteiger partial charge in [0.2, 0.25) is 0 Å². The third kappa shape index (κ3) is 6.33. The van der Waals surface area contributed by atoms with E-state index in [-0.39, 0.29) is 5.91 Å². The number of nitrogens with zero attached hydrogens (tertiary/aromatic N) is 2. The van der Waals surface area contributed by atoms with Gasteiger partial charge in [0.15, 0.2) is 5.17 Å². The fourth-order valence-electron chi connectivity index (χ4n) is 3.71. The Morgan fingerprint density at radius 3 is 2.24 bits per heavy atom. The van der Waals surface area contributed by atoms with Crippen molar-refractivity contribution in [1.29, 1.82) is 0 Å². The molecule has 1 aliphatic heterocycles. The van der Waals surface area contributed by atoms with Crippen LogP contribution < -0.4 is 9.64 Å². The second-order valence-corrected chi connectivity index (χ2v) is 11.3. The molecule has 1 aliphatic rings. The summed E-state index contributed by atoms with van der Waals surface area (Å²) in [4.78, 5) is 20.4. The number of anilines is 1. The minimum absolute atomic E-state index is 0.166. The second kappa shape index (κ2) is 11.8. The van der Waals surface area contributed by atoms with Gasteiger partial charge in [0.25, 0.3) is 5.91 Å². The highest BCUT2D eigenvalue weighted by molar-refractivity contribution is 9.10. The Morgan fingerprint density at radius 2 is 1.58 bits per heavy atom. The fraction of sp³-hybridized carbons (Fsp3) is 0.0667. The van der Waals surface area contributed by atoms with Crippen LogP contribution in [-0.4, -0.2) is 11.1 Å². The number of aliphatic imine (C=N–C) groups is 1. The van der Waals surface area contributed by atoms with Crippen LogP contribution in [0.5, 0.6) is 5.75 Å². The first-order valence-corrected chi connectivity index (χ1v) is 14.0. The van der Waals surface area contributed by atoms with Crippen LogP contribution in [0.25, 0.3) is 6.08 Å². The maximum atomic E-state index is 13.6. The topological polar surface area (TPSA) is 41.9 Å². The van der Waals surface area contributed by atoms with E-state index in [2.05, 4.69) is 47.1 Å². The van der Waals surface area contributed by atoms with Crippen molar-refractivity contribution in [3.8, 4) is 5.75 Å². The molecule has 1 amide bonds. The zero-order chi connectivity index (χ0) is 26.6. The van der Waals surface area contributed by atoms with E-state index >= 15 is 0 Å². The number of ether oxygens (including phenoxy) is 1. The van der Waals surface area contributed by atoms with Gasteiger partial charge in [-0.15, -0.1) is 0 Å². The van der Waals surface area contributed by atoms with Crippen molar-refractivity contribution in [2.45, 2.75) is 13.5 Å². The molecule has 0 spiro atoms. The Balaban J connectivity index is 1.41. The monoisotopic (exact) mass is 622 g/mol. The molecular weight excluding hydrogens is 603 g/mol. The highest BCUT2D eigenvalue weighted by Gasteiger charge is 2.34. The van der Waals surface area contributed by atoms with Crippen molar-refractivity contribution < 1.29 is 9.53 Å². The number of rotatable bonds is 6. The van der Waals surface area contributed by atoms with Gasteiger partial charge in [0, 0.05) is 10.0 Å². The zero-order valence-electron chi connectivity index (χ0n) is 20.2. The van der Waals surface area contributed by atoms with Gasteiger partial charge in [0.05, 0.1) is 20.8 Å². The molecule has 0 N–H and O–H groups in total. The maximum absolute atomic E-state index is 13.6. The fourth-order valence-corrected chi connectivity index (χ4v) is 5.48. The van der Waals surface area contributed by atoms with Gasteiger partial charge in [-0.25, -0.2) is 4.99 Å². The summed E-state index contributed by atoms with van der Waals surface area (Å²) in [6, 6.07) is 28.3. The summed E-state index contributed by atoms with van der Waals surface area (Å²) in [7, 11) is 0. The van der Waals surface area contributed by atoms with Crippen LogP contribution >= 0.6 is 50.9 Å². The number of hydrogen-bond donors (Lipinski definition) is 0. The van der Waals surface area contributed by atoms with Gasteiger partial charge in [0.1, 0.15) is 12.4 Å². The summed E-state index contributed by atoms with van der Waals surface area (Å²) in [6.07, 6.45) is 1.86. The lowest BCUT2D eigenvalue weighted by Gasteiger charge is -2.15. The number of carbonyl (C=O) groups excluding carboxylic acids is 1. The van der Waals surface area contributed by atoms with E-state index in [0.29, 0.717) is 38.1 Å². The third-order valence-electron chi connectivity index (χ3n) is 5.71. The van der Waals surface area contributed by atoms with Crippen molar-refractivity contribution in [1.82, 2.24) is 0 Å². The molecule has 0 unspecified atom stereocenters. The largest absolute Gasteiger partial charge is 0.488 e. The quantitative estimate of drug-likeness (QED) is 0.201. The first kappa shape index (κ1) is 26.6. The summed E-state index contributed by atoms with van der Waals surface area (Å²) >= 11 is 17.0. The third-order valence-corrected chi connectivity index (χ3v) is 7.80. The van der Waals surface area contributed by atoms with E-state index in [1.165, 1.54) is 17.3 Å². The summed E-state index contributed by atoms with van der Waals surface area (Å²) in [6.45, 7) is 2.53. The molecule has 0 radical (unpaired) electrons. The standard InChI is InChI=1S/C30H21BrCl2N2O2S/c1-19-2-4-20(5-3-19)18-37-27-15-6-21(16-26(27)31)17-28-29(36)35(25-13-9-23(33)10-14-25)30(38-28)34-24-11-7-22(32)8-12-24/h2-17H,18H2,1H3/b28-17-,34-30?. The van der Waals surface area contributed by atoms with E-state index in [9.17, 15) is 4.79 Å². The number of hydrogen-bond acceptors (Lipinski definition) is 4. The van der Waals surface area contributed by atoms with E-state index in [4.69, 9.17) is 32.9 Å². The summed E-state index contributed by atoms with van der Waals surface area (Å²) in [5.41, 5.74) is 4.55. The molecule has 0 bridgehead atoms. The first-order chi connectivity index (χ1) is 18.4. The molecular formula is C30H21BrCl2N2O2S. The normalized spacial score (nSPS) is 15.5. The number of halogens is 3. The van der Waals surface area contributed by atoms with Gasteiger partial charge in [-0.2, -0.15) is 0 Å². The van der Waals surface area contributed by atoms with Gasteiger partial charge < -0.3 is 4.74 Å². The molecule has 4 aromatic rings. The Kier molecular flexibility index (Phi) is 8.24. The number of thioether (sulfide) groups is 1.